The van der Waals surface area contributed by atoms with E-state index in [9.17, 15) is 4.79 Å². The highest BCUT2D eigenvalue weighted by Gasteiger charge is 2.12. The molecule has 0 amide bonds. The van der Waals surface area contributed by atoms with Gasteiger partial charge in [-0.1, -0.05) is 44.9 Å². The number of rotatable bonds is 7. The third kappa shape index (κ3) is 4.63. The number of Topliss-reactive ketones (excluding diaryl/α,β-unsaturated/α-hetero) is 1. The first kappa shape index (κ1) is 13.3. The van der Waals surface area contributed by atoms with E-state index in [-0.39, 0.29) is 0 Å². The first-order valence-electron chi connectivity index (χ1n) is 7.32. The second-order valence-corrected chi connectivity index (χ2v) is 5.52. The summed E-state index contributed by atoms with van der Waals surface area (Å²) in [4.78, 5) is 15.7. The minimum Gasteiger partial charge on any atom is -0.330 e. The van der Waals surface area contributed by atoms with E-state index in [1.54, 1.807) is 12.5 Å². The van der Waals surface area contributed by atoms with Gasteiger partial charge in [0.2, 0.25) is 0 Å². The van der Waals surface area contributed by atoms with Gasteiger partial charge in [0.05, 0.1) is 12.9 Å². The number of carbonyl (C=O) groups excluding carboxylic acids is 1. The Morgan fingerprint density at radius 3 is 2.78 bits per heavy atom. The maximum Gasteiger partial charge on any atom is 0.152 e. The van der Waals surface area contributed by atoms with Gasteiger partial charge >= 0.3 is 0 Å². The summed E-state index contributed by atoms with van der Waals surface area (Å²) in [6, 6.07) is 0. The highest BCUT2D eigenvalue weighted by Crippen LogP contribution is 2.27. The Morgan fingerprint density at radius 1 is 1.22 bits per heavy atom. The quantitative estimate of drug-likeness (QED) is 0.691. The van der Waals surface area contributed by atoms with Gasteiger partial charge in [0.1, 0.15) is 0 Å². The molecule has 1 aromatic rings. The number of imidazole rings is 1. The van der Waals surface area contributed by atoms with Gasteiger partial charge in [-0.2, -0.15) is 0 Å². The Morgan fingerprint density at radius 2 is 2.06 bits per heavy atom. The Kier molecular flexibility index (Phi) is 5.43. The van der Waals surface area contributed by atoms with Crippen molar-refractivity contribution in [3.63, 3.8) is 0 Å². The molecule has 0 radical (unpaired) electrons. The largest absolute Gasteiger partial charge is 0.330 e. The molecule has 1 aromatic heterocycles. The lowest BCUT2D eigenvalue weighted by Crippen LogP contribution is -2.09. The highest BCUT2D eigenvalue weighted by molar-refractivity contribution is 5.78. The molecule has 0 bridgehead atoms. The van der Waals surface area contributed by atoms with E-state index in [1.807, 2.05) is 10.8 Å². The number of hydrogen-bond donors (Lipinski definition) is 0. The first-order chi connectivity index (χ1) is 8.84. The molecular formula is C15H24N2O. The standard InChI is InChI=1S/C15H24N2O/c18-15(12-17-11-10-16-13-17)9-5-4-8-14-6-2-1-3-7-14/h10-11,13-14H,1-9,12H2. The number of nitrogens with zero attached hydrogens (tertiary/aromatic N) is 2. The van der Waals surface area contributed by atoms with Crippen molar-refractivity contribution in [3.05, 3.63) is 18.7 Å². The highest BCUT2D eigenvalue weighted by atomic mass is 16.1. The van der Waals surface area contributed by atoms with Crippen LogP contribution >= 0.6 is 0 Å². The molecule has 100 valence electrons. The van der Waals surface area contributed by atoms with Gasteiger partial charge in [-0.05, 0) is 12.3 Å². The molecule has 1 saturated carbocycles. The van der Waals surface area contributed by atoms with E-state index < -0.39 is 0 Å². The van der Waals surface area contributed by atoms with Crippen LogP contribution in [0.15, 0.2) is 18.7 Å². The summed E-state index contributed by atoms with van der Waals surface area (Å²) in [6.45, 7) is 0.490. The number of unbranched alkanes of at least 4 members (excludes halogenated alkanes) is 1. The smallest absolute Gasteiger partial charge is 0.152 e. The predicted molar refractivity (Wildman–Crippen MR) is 72.3 cm³/mol. The topological polar surface area (TPSA) is 34.9 Å². The minimum atomic E-state index is 0.330. The molecule has 1 aliphatic rings. The number of aromatic nitrogens is 2. The first-order valence-corrected chi connectivity index (χ1v) is 7.32. The predicted octanol–water partition coefficient (Wildman–Crippen LogP) is 3.59. The van der Waals surface area contributed by atoms with Crippen LogP contribution in [0.2, 0.25) is 0 Å². The molecule has 0 atom stereocenters. The van der Waals surface area contributed by atoms with Crippen LogP contribution in [0.3, 0.4) is 0 Å². The number of carbonyl (C=O) groups is 1. The lowest BCUT2D eigenvalue weighted by molar-refractivity contribution is -0.119. The number of ketones is 1. The maximum atomic E-state index is 11.7. The van der Waals surface area contributed by atoms with Crippen LogP contribution in [-0.4, -0.2) is 15.3 Å². The Hall–Kier alpha value is -1.12. The van der Waals surface area contributed by atoms with Gasteiger partial charge in [0, 0.05) is 18.8 Å². The monoisotopic (exact) mass is 248 g/mol. The average molecular weight is 248 g/mol. The summed E-state index contributed by atoms with van der Waals surface area (Å²) in [7, 11) is 0. The Labute approximate surface area is 110 Å². The molecule has 3 nitrogen and oxygen atoms in total. The third-order valence-corrected chi connectivity index (χ3v) is 3.96. The van der Waals surface area contributed by atoms with E-state index in [1.165, 1.54) is 44.9 Å². The number of hydrogen-bond acceptors (Lipinski definition) is 2. The van der Waals surface area contributed by atoms with Gasteiger partial charge in [0.15, 0.2) is 5.78 Å². The van der Waals surface area contributed by atoms with Crippen molar-refractivity contribution in [1.82, 2.24) is 9.55 Å². The lowest BCUT2D eigenvalue weighted by atomic mass is 9.85. The van der Waals surface area contributed by atoms with Crippen LogP contribution in [0.1, 0.15) is 57.8 Å². The van der Waals surface area contributed by atoms with Crippen molar-refractivity contribution < 1.29 is 4.79 Å². The second-order valence-electron chi connectivity index (χ2n) is 5.52. The molecule has 0 unspecified atom stereocenters. The Balaban J connectivity index is 1.53. The molecule has 1 fully saturated rings. The van der Waals surface area contributed by atoms with Gasteiger partial charge in [-0.25, -0.2) is 4.98 Å². The van der Waals surface area contributed by atoms with E-state index in [4.69, 9.17) is 0 Å². The summed E-state index contributed by atoms with van der Waals surface area (Å²) < 4.78 is 1.85. The normalized spacial score (nSPS) is 16.9. The van der Waals surface area contributed by atoms with Gasteiger partial charge in [-0.3, -0.25) is 4.79 Å². The maximum absolute atomic E-state index is 11.7. The summed E-state index contributed by atoms with van der Waals surface area (Å²) in [5.74, 6) is 1.28. The molecule has 18 heavy (non-hydrogen) atoms. The van der Waals surface area contributed by atoms with E-state index >= 15 is 0 Å². The lowest BCUT2D eigenvalue weighted by Gasteiger charge is -2.21. The molecule has 1 aliphatic carbocycles. The zero-order chi connectivity index (χ0) is 12.6. The zero-order valence-corrected chi connectivity index (χ0v) is 11.2. The van der Waals surface area contributed by atoms with Crippen molar-refractivity contribution in [2.24, 2.45) is 5.92 Å². The Bertz CT molecular complexity index is 339. The van der Waals surface area contributed by atoms with Gasteiger partial charge < -0.3 is 4.57 Å². The molecule has 0 aromatic carbocycles. The van der Waals surface area contributed by atoms with Crippen molar-refractivity contribution >= 4 is 5.78 Å². The van der Waals surface area contributed by atoms with E-state index in [0.717, 1.165) is 18.8 Å². The summed E-state index contributed by atoms with van der Waals surface area (Å²) >= 11 is 0. The van der Waals surface area contributed by atoms with Crippen LogP contribution in [0.25, 0.3) is 0 Å². The van der Waals surface area contributed by atoms with Crippen LogP contribution in [0.5, 0.6) is 0 Å². The van der Waals surface area contributed by atoms with Crippen molar-refractivity contribution in [3.8, 4) is 0 Å². The summed E-state index contributed by atoms with van der Waals surface area (Å²) in [5.41, 5.74) is 0. The van der Waals surface area contributed by atoms with Crippen LogP contribution in [0.4, 0.5) is 0 Å². The van der Waals surface area contributed by atoms with Gasteiger partial charge in [-0.15, -0.1) is 0 Å². The molecule has 3 heteroatoms. The summed E-state index contributed by atoms with van der Waals surface area (Å²) in [6.07, 6.45) is 16.7. The SMILES string of the molecule is O=C(CCCCC1CCCCC1)Cn1ccnc1. The third-order valence-electron chi connectivity index (χ3n) is 3.96. The molecule has 0 saturated heterocycles. The van der Waals surface area contributed by atoms with Crippen molar-refractivity contribution in [2.75, 3.05) is 0 Å². The fourth-order valence-electron chi connectivity index (χ4n) is 2.89. The molecular weight excluding hydrogens is 224 g/mol. The molecule has 0 spiro atoms. The van der Waals surface area contributed by atoms with Crippen molar-refractivity contribution in [2.45, 2.75) is 64.3 Å². The average Bonchev–Trinajstić information content (AvgIpc) is 2.89. The van der Waals surface area contributed by atoms with Crippen LogP contribution in [-0.2, 0) is 11.3 Å². The van der Waals surface area contributed by atoms with Crippen molar-refractivity contribution in [1.29, 1.82) is 0 Å². The summed E-state index contributed by atoms with van der Waals surface area (Å²) in [5, 5.41) is 0. The zero-order valence-electron chi connectivity index (χ0n) is 11.2. The molecule has 1 heterocycles. The second kappa shape index (κ2) is 7.34. The van der Waals surface area contributed by atoms with Gasteiger partial charge in [0.25, 0.3) is 0 Å². The van der Waals surface area contributed by atoms with Crippen LogP contribution < -0.4 is 0 Å². The minimum absolute atomic E-state index is 0.330. The van der Waals surface area contributed by atoms with Crippen LogP contribution in [0, 0.1) is 5.92 Å². The van der Waals surface area contributed by atoms with E-state index in [0.29, 0.717) is 12.3 Å². The molecule has 0 aliphatic heterocycles. The van der Waals surface area contributed by atoms with E-state index in [2.05, 4.69) is 4.98 Å². The molecule has 0 N–H and O–H groups in total. The molecule has 2 rings (SSSR count). The fraction of sp³-hybridized carbons (Fsp3) is 0.733. The fourth-order valence-corrected chi connectivity index (χ4v) is 2.89.